The molecule has 0 bridgehead atoms. The van der Waals surface area contributed by atoms with Gasteiger partial charge in [-0.2, -0.15) is 13.2 Å². The van der Waals surface area contributed by atoms with Gasteiger partial charge in [-0.15, -0.1) is 0 Å². The maximum absolute atomic E-state index is 12.8. The molecule has 146 valence electrons. The van der Waals surface area contributed by atoms with E-state index < -0.39 is 18.5 Å². The zero-order valence-electron chi connectivity index (χ0n) is 16.1. The van der Waals surface area contributed by atoms with Crippen molar-refractivity contribution in [2.45, 2.75) is 71.5 Å². The molecule has 1 saturated carbocycles. The third-order valence-corrected chi connectivity index (χ3v) is 4.81. The Kier molecular flexibility index (Phi) is 8.29. The van der Waals surface area contributed by atoms with E-state index in [-0.39, 0.29) is 11.6 Å². The van der Waals surface area contributed by atoms with Gasteiger partial charge < -0.3 is 10.2 Å². The summed E-state index contributed by atoms with van der Waals surface area (Å²) in [6.45, 7) is 6.55. The van der Waals surface area contributed by atoms with Crippen LogP contribution in [0.4, 0.5) is 13.2 Å². The number of hydrogen-bond acceptors (Lipinski definition) is 2. The summed E-state index contributed by atoms with van der Waals surface area (Å²) < 4.78 is 38.4. The number of nitrogens with one attached hydrogen (secondary N) is 1. The number of carbonyl (C=O) groups is 1. The summed E-state index contributed by atoms with van der Waals surface area (Å²) in [7, 11) is 3.25. The largest absolute Gasteiger partial charge is 0.393 e. The van der Waals surface area contributed by atoms with Crippen LogP contribution in [0.15, 0.2) is 11.8 Å². The van der Waals surface area contributed by atoms with Gasteiger partial charge in [-0.3, -0.25) is 4.79 Å². The van der Waals surface area contributed by atoms with Crippen LogP contribution in [0.3, 0.4) is 0 Å². The highest BCUT2D eigenvalue weighted by Crippen LogP contribution is 2.34. The zero-order valence-corrected chi connectivity index (χ0v) is 16.1. The molecule has 1 fully saturated rings. The number of carbonyl (C=O) groups excluding carboxylic acids is 1. The first-order valence-electron chi connectivity index (χ1n) is 9.24. The minimum Gasteiger partial charge on any atom is -0.383 e. The van der Waals surface area contributed by atoms with Crippen molar-refractivity contribution in [2.24, 2.45) is 17.8 Å². The molecule has 0 spiro atoms. The van der Waals surface area contributed by atoms with E-state index in [1.54, 1.807) is 14.1 Å². The number of halogens is 3. The first kappa shape index (κ1) is 21.8. The Morgan fingerprint density at radius 1 is 1.20 bits per heavy atom. The van der Waals surface area contributed by atoms with Crippen LogP contribution in [0.5, 0.6) is 0 Å². The maximum Gasteiger partial charge on any atom is 0.393 e. The molecule has 1 aliphatic rings. The van der Waals surface area contributed by atoms with E-state index >= 15 is 0 Å². The quantitative estimate of drug-likeness (QED) is 0.663. The molecule has 0 heterocycles. The molecule has 0 aromatic rings. The highest BCUT2D eigenvalue weighted by Gasteiger charge is 2.35. The maximum atomic E-state index is 12.8. The Bertz CT molecular complexity index is 458. The molecule has 1 rings (SSSR count). The second-order valence-electron chi connectivity index (χ2n) is 8.05. The Morgan fingerprint density at radius 3 is 2.32 bits per heavy atom. The van der Waals surface area contributed by atoms with Gasteiger partial charge in [0, 0.05) is 31.9 Å². The molecular weight excluding hydrogens is 329 g/mol. The molecule has 3 atom stereocenters. The van der Waals surface area contributed by atoms with Crippen LogP contribution in [-0.2, 0) is 4.79 Å². The number of hydrogen-bond donors (Lipinski definition) is 1. The SMILES string of the molecule is CC(C)CC(C)C1CCCCC1NC(=O)/C(=C/N(C)C)CC(F)(F)F. The van der Waals surface area contributed by atoms with Gasteiger partial charge in [-0.1, -0.05) is 33.6 Å². The fourth-order valence-corrected chi connectivity index (χ4v) is 3.91. The molecule has 1 aliphatic carbocycles. The highest BCUT2D eigenvalue weighted by atomic mass is 19.4. The van der Waals surface area contributed by atoms with Crippen molar-refractivity contribution >= 4 is 5.91 Å². The molecule has 0 saturated heterocycles. The van der Waals surface area contributed by atoms with Crippen molar-refractivity contribution in [1.82, 2.24) is 10.2 Å². The normalized spacial score (nSPS) is 23.5. The fourth-order valence-electron chi connectivity index (χ4n) is 3.91. The van der Waals surface area contributed by atoms with Crippen molar-refractivity contribution < 1.29 is 18.0 Å². The molecule has 0 aromatic carbocycles. The average Bonchev–Trinajstić information content (AvgIpc) is 2.44. The summed E-state index contributed by atoms with van der Waals surface area (Å²) in [4.78, 5) is 14.0. The summed E-state index contributed by atoms with van der Waals surface area (Å²) in [5.74, 6) is 0.781. The van der Waals surface area contributed by atoms with Crippen LogP contribution in [-0.4, -0.2) is 37.1 Å². The zero-order chi connectivity index (χ0) is 19.2. The van der Waals surface area contributed by atoms with E-state index in [1.807, 2.05) is 0 Å². The number of amides is 1. The fraction of sp³-hybridized carbons (Fsp3) is 0.842. The molecule has 0 aliphatic heterocycles. The summed E-state index contributed by atoms with van der Waals surface area (Å²) in [5.41, 5.74) is -0.224. The first-order chi connectivity index (χ1) is 11.5. The van der Waals surface area contributed by atoms with Crippen molar-refractivity contribution in [1.29, 1.82) is 0 Å². The van der Waals surface area contributed by atoms with E-state index in [2.05, 4.69) is 26.1 Å². The van der Waals surface area contributed by atoms with Gasteiger partial charge in [-0.05, 0) is 37.0 Å². The van der Waals surface area contributed by atoms with Gasteiger partial charge in [0.15, 0.2) is 0 Å². The highest BCUT2D eigenvalue weighted by molar-refractivity contribution is 5.93. The molecular formula is C19H33F3N2O. The third kappa shape index (κ3) is 8.15. The van der Waals surface area contributed by atoms with E-state index in [0.717, 1.165) is 32.1 Å². The Hall–Kier alpha value is -1.20. The lowest BCUT2D eigenvalue weighted by Crippen LogP contribution is -2.45. The Morgan fingerprint density at radius 2 is 1.80 bits per heavy atom. The van der Waals surface area contributed by atoms with Crippen molar-refractivity contribution in [3.63, 3.8) is 0 Å². The minimum atomic E-state index is -4.39. The van der Waals surface area contributed by atoms with Crippen molar-refractivity contribution in [2.75, 3.05) is 14.1 Å². The van der Waals surface area contributed by atoms with Crippen LogP contribution >= 0.6 is 0 Å². The van der Waals surface area contributed by atoms with Crippen LogP contribution in [0.2, 0.25) is 0 Å². The number of alkyl halides is 3. The van der Waals surface area contributed by atoms with E-state index in [0.29, 0.717) is 17.8 Å². The molecule has 25 heavy (non-hydrogen) atoms. The van der Waals surface area contributed by atoms with Crippen LogP contribution < -0.4 is 5.32 Å². The lowest BCUT2D eigenvalue weighted by molar-refractivity contribution is -0.135. The third-order valence-electron chi connectivity index (χ3n) is 4.81. The monoisotopic (exact) mass is 362 g/mol. The van der Waals surface area contributed by atoms with Crippen molar-refractivity contribution in [3.05, 3.63) is 11.8 Å². The molecule has 1 amide bonds. The standard InChI is InChI=1S/C19H33F3N2O/c1-13(2)10-14(3)16-8-6-7-9-17(16)23-18(25)15(12-24(4)5)11-19(20,21)22/h12-14,16-17H,6-11H2,1-5H3,(H,23,25)/b15-12+. The van der Waals surface area contributed by atoms with Gasteiger partial charge in [0.1, 0.15) is 0 Å². The van der Waals surface area contributed by atoms with Crippen molar-refractivity contribution in [3.8, 4) is 0 Å². The van der Waals surface area contributed by atoms with Gasteiger partial charge >= 0.3 is 6.18 Å². The molecule has 3 nitrogen and oxygen atoms in total. The summed E-state index contributed by atoms with van der Waals surface area (Å²) in [6.07, 6.45) is 0.777. The average molecular weight is 362 g/mol. The molecule has 6 heteroatoms. The predicted octanol–water partition coefficient (Wildman–Crippen LogP) is 4.74. The summed E-state index contributed by atoms with van der Waals surface area (Å²) in [5, 5.41) is 2.92. The van der Waals surface area contributed by atoms with E-state index in [9.17, 15) is 18.0 Å². The topological polar surface area (TPSA) is 32.3 Å². The predicted molar refractivity (Wildman–Crippen MR) is 94.9 cm³/mol. The summed E-state index contributed by atoms with van der Waals surface area (Å²) >= 11 is 0. The van der Waals surface area contributed by atoms with Gasteiger partial charge in [0.25, 0.3) is 0 Å². The van der Waals surface area contributed by atoms with Crippen LogP contribution in [0, 0.1) is 17.8 Å². The lowest BCUT2D eigenvalue weighted by atomic mass is 9.74. The van der Waals surface area contributed by atoms with Crippen LogP contribution in [0.25, 0.3) is 0 Å². The molecule has 3 unspecified atom stereocenters. The lowest BCUT2D eigenvalue weighted by Gasteiger charge is -2.37. The molecule has 0 radical (unpaired) electrons. The second-order valence-corrected chi connectivity index (χ2v) is 8.05. The van der Waals surface area contributed by atoms with E-state index in [4.69, 9.17) is 0 Å². The smallest absolute Gasteiger partial charge is 0.383 e. The van der Waals surface area contributed by atoms with Gasteiger partial charge in [0.2, 0.25) is 5.91 Å². The Labute approximate surface area is 150 Å². The van der Waals surface area contributed by atoms with E-state index in [1.165, 1.54) is 11.1 Å². The van der Waals surface area contributed by atoms with Crippen LogP contribution in [0.1, 0.15) is 59.3 Å². The number of nitrogens with zero attached hydrogens (tertiary/aromatic N) is 1. The number of rotatable bonds is 7. The van der Waals surface area contributed by atoms with Gasteiger partial charge in [0.05, 0.1) is 6.42 Å². The van der Waals surface area contributed by atoms with Gasteiger partial charge in [-0.25, -0.2) is 0 Å². The first-order valence-corrected chi connectivity index (χ1v) is 9.24. The Balaban J connectivity index is 2.84. The second kappa shape index (κ2) is 9.48. The summed E-state index contributed by atoms with van der Waals surface area (Å²) in [6, 6.07) is -0.0335. The molecule has 1 N–H and O–H groups in total. The molecule has 0 aromatic heterocycles. The minimum absolute atomic E-state index is 0.0335.